The van der Waals surface area contributed by atoms with E-state index in [1.54, 1.807) is 0 Å². The van der Waals surface area contributed by atoms with Crippen LogP contribution < -0.4 is 0 Å². The van der Waals surface area contributed by atoms with Gasteiger partial charge in [-0.05, 0) is 24.5 Å². The molecule has 15 heavy (non-hydrogen) atoms. The standard InChI is InChI=1S/C13H15N2/c1-9(2)13-11-8-10-4-3-7-15(10)12(11)5-6-14-13/h4-6,8-9H,3,7H2,1-2H3. The van der Waals surface area contributed by atoms with Crippen LogP contribution in [0, 0.1) is 6.42 Å². The van der Waals surface area contributed by atoms with Gasteiger partial charge in [0.05, 0.1) is 11.2 Å². The molecule has 0 N–H and O–H groups in total. The van der Waals surface area contributed by atoms with Gasteiger partial charge in [0.2, 0.25) is 0 Å². The van der Waals surface area contributed by atoms with Crippen LogP contribution in [-0.4, -0.2) is 9.55 Å². The van der Waals surface area contributed by atoms with E-state index in [2.05, 4.69) is 42.0 Å². The van der Waals surface area contributed by atoms with Crippen molar-refractivity contribution in [2.45, 2.75) is 32.7 Å². The molecule has 0 aromatic carbocycles. The van der Waals surface area contributed by atoms with Gasteiger partial charge in [0, 0.05) is 30.2 Å². The summed E-state index contributed by atoms with van der Waals surface area (Å²) in [6, 6.07) is 4.41. The third-order valence-electron chi connectivity index (χ3n) is 3.15. The van der Waals surface area contributed by atoms with Crippen molar-refractivity contribution in [3.05, 3.63) is 36.1 Å². The fraction of sp³-hybridized carbons (Fsp3) is 0.385. The minimum absolute atomic E-state index is 0.497. The maximum absolute atomic E-state index is 4.49. The zero-order chi connectivity index (χ0) is 10.4. The fourth-order valence-corrected chi connectivity index (χ4v) is 2.45. The normalized spacial score (nSPS) is 15.1. The molecule has 2 nitrogen and oxygen atoms in total. The van der Waals surface area contributed by atoms with E-state index >= 15 is 0 Å². The summed E-state index contributed by atoms with van der Waals surface area (Å²) in [6.45, 7) is 5.53. The summed E-state index contributed by atoms with van der Waals surface area (Å²) in [7, 11) is 0. The Morgan fingerprint density at radius 1 is 1.40 bits per heavy atom. The van der Waals surface area contributed by atoms with Gasteiger partial charge in [-0.3, -0.25) is 4.98 Å². The number of fused-ring (bicyclic) bond motifs is 3. The van der Waals surface area contributed by atoms with E-state index < -0.39 is 0 Å². The SMILES string of the molecule is CC(C)c1nccc2c1cc1n2CC[CH]1. The minimum Gasteiger partial charge on any atom is -0.344 e. The van der Waals surface area contributed by atoms with Gasteiger partial charge in [-0.1, -0.05) is 13.8 Å². The smallest absolute Gasteiger partial charge is 0.0522 e. The summed E-state index contributed by atoms with van der Waals surface area (Å²) in [5.74, 6) is 0.497. The Morgan fingerprint density at radius 2 is 2.27 bits per heavy atom. The minimum atomic E-state index is 0.497. The highest BCUT2D eigenvalue weighted by Crippen LogP contribution is 2.30. The fourth-order valence-electron chi connectivity index (χ4n) is 2.45. The van der Waals surface area contributed by atoms with E-state index in [1.165, 1.54) is 28.7 Å². The lowest BCUT2D eigenvalue weighted by molar-refractivity contribution is 0.788. The van der Waals surface area contributed by atoms with E-state index in [0.29, 0.717) is 5.92 Å². The van der Waals surface area contributed by atoms with Crippen LogP contribution in [0.15, 0.2) is 18.3 Å². The predicted octanol–water partition coefficient (Wildman–Crippen LogP) is 3.12. The Balaban J connectivity index is 2.33. The zero-order valence-corrected chi connectivity index (χ0v) is 9.20. The summed E-state index contributed by atoms with van der Waals surface area (Å²) in [6.07, 6.45) is 5.41. The average Bonchev–Trinajstić information content (AvgIpc) is 2.75. The first-order chi connectivity index (χ1) is 7.27. The third kappa shape index (κ3) is 1.21. The van der Waals surface area contributed by atoms with Gasteiger partial charge in [-0.25, -0.2) is 0 Å². The Kier molecular flexibility index (Phi) is 1.84. The molecule has 2 heteroatoms. The summed E-state index contributed by atoms with van der Waals surface area (Å²) < 4.78 is 2.39. The van der Waals surface area contributed by atoms with Crippen LogP contribution in [0.2, 0.25) is 0 Å². The summed E-state index contributed by atoms with van der Waals surface area (Å²) >= 11 is 0. The molecule has 77 valence electrons. The Morgan fingerprint density at radius 3 is 3.07 bits per heavy atom. The number of hydrogen-bond donors (Lipinski definition) is 0. The molecule has 0 saturated carbocycles. The maximum Gasteiger partial charge on any atom is 0.0522 e. The second-order valence-corrected chi connectivity index (χ2v) is 4.50. The molecular formula is C13H15N2. The monoisotopic (exact) mass is 199 g/mol. The highest BCUT2D eigenvalue weighted by molar-refractivity contribution is 5.84. The van der Waals surface area contributed by atoms with Crippen molar-refractivity contribution in [2.24, 2.45) is 0 Å². The van der Waals surface area contributed by atoms with Gasteiger partial charge in [0.1, 0.15) is 0 Å². The van der Waals surface area contributed by atoms with Crippen molar-refractivity contribution in [1.29, 1.82) is 0 Å². The lowest BCUT2D eigenvalue weighted by Gasteiger charge is -2.06. The average molecular weight is 199 g/mol. The summed E-state index contributed by atoms with van der Waals surface area (Å²) in [5.41, 5.74) is 3.93. The number of pyridine rings is 1. The molecule has 0 aliphatic carbocycles. The van der Waals surface area contributed by atoms with Crippen LogP contribution in [0.4, 0.5) is 0 Å². The number of hydrogen-bond acceptors (Lipinski definition) is 1. The van der Waals surface area contributed by atoms with Gasteiger partial charge >= 0.3 is 0 Å². The van der Waals surface area contributed by atoms with Crippen molar-refractivity contribution in [2.75, 3.05) is 0 Å². The van der Waals surface area contributed by atoms with Crippen LogP contribution in [0.1, 0.15) is 37.6 Å². The van der Waals surface area contributed by atoms with E-state index in [-0.39, 0.29) is 0 Å². The molecule has 0 unspecified atom stereocenters. The first kappa shape index (κ1) is 8.96. The first-order valence-corrected chi connectivity index (χ1v) is 5.58. The van der Waals surface area contributed by atoms with Crippen molar-refractivity contribution in [1.82, 2.24) is 9.55 Å². The first-order valence-electron chi connectivity index (χ1n) is 5.58. The predicted molar refractivity (Wildman–Crippen MR) is 61.8 cm³/mol. The van der Waals surface area contributed by atoms with E-state index in [0.717, 1.165) is 6.54 Å². The van der Waals surface area contributed by atoms with Crippen LogP contribution >= 0.6 is 0 Å². The topological polar surface area (TPSA) is 17.8 Å². The zero-order valence-electron chi connectivity index (χ0n) is 9.20. The number of aromatic nitrogens is 2. The van der Waals surface area contributed by atoms with Gasteiger partial charge in [-0.15, -0.1) is 0 Å². The Bertz CT molecular complexity index is 508. The molecule has 0 fully saturated rings. The van der Waals surface area contributed by atoms with E-state index in [9.17, 15) is 0 Å². The molecule has 0 atom stereocenters. The molecule has 1 radical (unpaired) electrons. The lowest BCUT2D eigenvalue weighted by atomic mass is 10.1. The molecule has 1 aliphatic rings. The molecule has 2 aromatic rings. The number of nitrogens with zero attached hydrogens (tertiary/aromatic N) is 2. The van der Waals surface area contributed by atoms with Crippen LogP contribution in [-0.2, 0) is 6.54 Å². The summed E-state index contributed by atoms with van der Waals surface area (Å²) in [4.78, 5) is 4.49. The molecule has 0 saturated heterocycles. The van der Waals surface area contributed by atoms with Crippen molar-refractivity contribution in [3.63, 3.8) is 0 Å². The van der Waals surface area contributed by atoms with Gasteiger partial charge < -0.3 is 4.57 Å². The van der Waals surface area contributed by atoms with Crippen molar-refractivity contribution in [3.8, 4) is 0 Å². The highest BCUT2D eigenvalue weighted by Gasteiger charge is 2.17. The number of rotatable bonds is 1. The third-order valence-corrected chi connectivity index (χ3v) is 3.15. The maximum atomic E-state index is 4.49. The highest BCUT2D eigenvalue weighted by atomic mass is 15.0. The van der Waals surface area contributed by atoms with Crippen molar-refractivity contribution >= 4 is 10.9 Å². The van der Waals surface area contributed by atoms with E-state index in [1.807, 2.05) is 6.20 Å². The molecular weight excluding hydrogens is 184 g/mol. The molecule has 3 rings (SSSR count). The van der Waals surface area contributed by atoms with Gasteiger partial charge in [0.25, 0.3) is 0 Å². The van der Waals surface area contributed by atoms with E-state index in [4.69, 9.17) is 0 Å². The molecule has 0 amide bonds. The molecule has 3 heterocycles. The molecule has 2 aromatic heterocycles. The Labute approximate surface area is 89.9 Å². The quantitative estimate of drug-likeness (QED) is 0.690. The molecule has 1 aliphatic heterocycles. The largest absolute Gasteiger partial charge is 0.344 e. The molecule has 0 spiro atoms. The van der Waals surface area contributed by atoms with Crippen molar-refractivity contribution < 1.29 is 0 Å². The van der Waals surface area contributed by atoms with Gasteiger partial charge in [-0.2, -0.15) is 0 Å². The lowest BCUT2D eigenvalue weighted by Crippen LogP contribution is -1.95. The van der Waals surface area contributed by atoms with Gasteiger partial charge in [0.15, 0.2) is 0 Å². The van der Waals surface area contributed by atoms with Crippen LogP contribution in [0.5, 0.6) is 0 Å². The number of aryl methyl sites for hydroxylation is 1. The van der Waals surface area contributed by atoms with Crippen LogP contribution in [0.25, 0.3) is 10.9 Å². The Hall–Kier alpha value is -1.31. The summed E-state index contributed by atoms with van der Waals surface area (Å²) in [5, 5.41) is 1.33. The molecule has 0 bridgehead atoms. The van der Waals surface area contributed by atoms with Crippen LogP contribution in [0.3, 0.4) is 0 Å². The second-order valence-electron chi connectivity index (χ2n) is 4.50. The second kappa shape index (κ2) is 3.09.